The summed E-state index contributed by atoms with van der Waals surface area (Å²) < 4.78 is 0. The summed E-state index contributed by atoms with van der Waals surface area (Å²) in [4.78, 5) is 51.8. The van der Waals surface area contributed by atoms with Gasteiger partial charge in [0.25, 0.3) is 11.8 Å². The molecule has 6 aromatic rings. The number of carbonyl (C=O) groups excluding carboxylic acids is 2. The monoisotopic (exact) mass is 1270 g/mol. The number of carbonyl (C=O) groups is 2. The van der Waals surface area contributed by atoms with Gasteiger partial charge in [-0.05, 0) is 149 Å². The van der Waals surface area contributed by atoms with Crippen LogP contribution in [0.25, 0.3) is 50.4 Å². The molecule has 0 aliphatic carbocycles. The molecule has 2 aliphatic heterocycles. The van der Waals surface area contributed by atoms with E-state index in [0.717, 1.165) is 59.7 Å². The fourth-order valence-electron chi connectivity index (χ4n) is 13.2. The molecule has 2 amide bonds. The van der Waals surface area contributed by atoms with Gasteiger partial charge in [0.2, 0.25) is 0 Å². The zero-order valence-electron chi connectivity index (χ0n) is 54.5. The van der Waals surface area contributed by atoms with Crippen LogP contribution in [-0.2, 0) is 22.4 Å². The van der Waals surface area contributed by atoms with Crippen molar-refractivity contribution in [2.45, 2.75) is 274 Å². The van der Waals surface area contributed by atoms with Gasteiger partial charge in [-0.1, -0.05) is 208 Å². The number of nitrogens with zero attached hydrogens (tertiary/aromatic N) is 2. The number of hydrogen-bond donors (Lipinski definition) is 0. The van der Waals surface area contributed by atoms with Crippen LogP contribution in [0, 0.1) is 25.7 Å². The number of fused-ring (bicyclic) bond motifs is 1. The zero-order valence-corrected chi connectivity index (χ0v) is 59.4. The van der Waals surface area contributed by atoms with Gasteiger partial charge in [-0.3, -0.25) is 9.59 Å². The van der Waals surface area contributed by atoms with E-state index in [0.29, 0.717) is 36.1 Å². The first kappa shape index (κ1) is 68.5. The minimum Gasteiger partial charge on any atom is -0.306 e. The lowest BCUT2D eigenvalue weighted by molar-refractivity contribution is -0.124. The van der Waals surface area contributed by atoms with Gasteiger partial charge in [0, 0.05) is 61.9 Å². The van der Waals surface area contributed by atoms with Gasteiger partial charge in [0.15, 0.2) is 0 Å². The highest BCUT2D eigenvalue weighted by molar-refractivity contribution is 7.30. The molecule has 0 spiro atoms. The SMILES string of the molecule is CCCCCCCCC(CCCCCC)CN1C(=O)C2=C(c3ccc(-c4ccc(-c5cc(CCCCCC)c(-c6sc(-c7ccc(C)s7)cc6CCCCCC)s5)s4)s3)N(CC(CCCCCC)CCCCCCCC)C(=O)C2=C1c1ccc(C)s1. The van der Waals surface area contributed by atoms with Crippen molar-refractivity contribution in [3.8, 4) is 39.0 Å². The molecule has 10 heteroatoms. The predicted molar refractivity (Wildman–Crippen MR) is 385 cm³/mol. The Hall–Kier alpha value is -3.38. The number of unbranched alkanes of at least 4 members (excludes halogenated alkanes) is 22. The Morgan fingerprint density at radius 3 is 1.00 bits per heavy atom. The summed E-state index contributed by atoms with van der Waals surface area (Å²) in [5.74, 6) is 0.864. The van der Waals surface area contributed by atoms with Gasteiger partial charge < -0.3 is 9.80 Å². The van der Waals surface area contributed by atoms with Gasteiger partial charge in [-0.2, -0.15) is 0 Å². The Balaban J connectivity index is 1.17. The maximum Gasteiger partial charge on any atom is 0.261 e. The molecule has 8 rings (SSSR count). The van der Waals surface area contributed by atoms with Crippen LogP contribution in [0.3, 0.4) is 0 Å². The van der Waals surface area contributed by atoms with Gasteiger partial charge in [-0.25, -0.2) is 0 Å². The number of aryl methyl sites for hydroxylation is 4. The first-order valence-electron chi connectivity index (χ1n) is 34.8. The lowest BCUT2D eigenvalue weighted by Gasteiger charge is -2.29. The topological polar surface area (TPSA) is 40.6 Å². The van der Waals surface area contributed by atoms with Crippen LogP contribution in [0.5, 0.6) is 0 Å². The van der Waals surface area contributed by atoms with E-state index in [1.54, 1.807) is 22.7 Å². The van der Waals surface area contributed by atoms with Gasteiger partial charge in [-0.15, -0.1) is 68.0 Å². The van der Waals surface area contributed by atoms with Crippen LogP contribution >= 0.6 is 68.0 Å². The van der Waals surface area contributed by atoms with Gasteiger partial charge >= 0.3 is 0 Å². The largest absolute Gasteiger partial charge is 0.306 e. The van der Waals surface area contributed by atoms with Crippen molar-refractivity contribution in [1.29, 1.82) is 0 Å². The molecule has 470 valence electrons. The minimum absolute atomic E-state index is 0.0451. The van der Waals surface area contributed by atoms with Crippen LogP contribution in [0.1, 0.15) is 278 Å². The van der Waals surface area contributed by atoms with Crippen molar-refractivity contribution in [3.63, 3.8) is 0 Å². The molecule has 4 nitrogen and oxygen atoms in total. The standard InChI is InChI=1S/C76H108N2O2S6/c1-9-15-21-27-29-33-39-57(37-31-23-17-11-3)53-77-71(65-46-44-56(8)82-65)69-70(76(77)80)72(78(75(69)79)54-58(38-32-24-18-12-4)40-34-30-28-22-16-10-2)66-50-49-62(84-66)61-47-48-64(83-61)68-52-60(42-36-26-20-14-6)74(86-68)73-59(41-35-25-19-13-5)51-67(85-73)63-45-43-55(7)81-63/h43-52,57-58H,9-42,53-54H2,1-8H3. The second kappa shape index (κ2) is 36.5. The molecule has 2 unspecified atom stereocenters. The summed E-state index contributed by atoms with van der Waals surface area (Å²) >= 11 is 11.4. The van der Waals surface area contributed by atoms with Crippen LogP contribution in [0.15, 0.2) is 71.8 Å². The lowest BCUT2D eigenvalue weighted by atomic mass is 9.93. The summed E-state index contributed by atoms with van der Waals surface area (Å²) in [6.07, 6.45) is 41.9. The average molecular weight is 1270 g/mol. The summed E-state index contributed by atoms with van der Waals surface area (Å²) in [7, 11) is 0. The van der Waals surface area contributed by atoms with Crippen molar-refractivity contribution in [2.24, 2.45) is 11.8 Å². The highest BCUT2D eigenvalue weighted by Crippen LogP contribution is 2.53. The summed E-state index contributed by atoms with van der Waals surface area (Å²) in [5.41, 5.74) is 6.14. The molecule has 0 aromatic carbocycles. The molecule has 86 heavy (non-hydrogen) atoms. The van der Waals surface area contributed by atoms with Crippen molar-refractivity contribution in [3.05, 3.63) is 102 Å². The van der Waals surface area contributed by atoms with Crippen molar-refractivity contribution >= 4 is 91.2 Å². The number of rotatable bonds is 44. The van der Waals surface area contributed by atoms with E-state index in [9.17, 15) is 0 Å². The van der Waals surface area contributed by atoms with Gasteiger partial charge in [0.1, 0.15) is 0 Å². The Bertz CT molecular complexity index is 3050. The van der Waals surface area contributed by atoms with E-state index in [2.05, 4.69) is 126 Å². The zero-order chi connectivity index (χ0) is 60.6. The Morgan fingerprint density at radius 2 is 0.616 bits per heavy atom. The first-order valence-corrected chi connectivity index (χ1v) is 39.7. The molecular formula is C76H108N2O2S6. The fraction of sp³-hybridized carbons (Fsp3) is 0.605. The number of hydrogen-bond acceptors (Lipinski definition) is 8. The normalized spacial score (nSPS) is 14.4. The van der Waals surface area contributed by atoms with E-state index in [4.69, 9.17) is 0 Å². The quantitative estimate of drug-likeness (QED) is 0.0358. The van der Waals surface area contributed by atoms with E-state index < -0.39 is 0 Å². The van der Waals surface area contributed by atoms with Crippen molar-refractivity contribution in [2.75, 3.05) is 13.1 Å². The van der Waals surface area contributed by atoms with E-state index in [-0.39, 0.29) is 11.8 Å². The molecule has 0 N–H and O–H groups in total. The molecule has 0 radical (unpaired) electrons. The van der Waals surface area contributed by atoms with Crippen molar-refractivity contribution < 1.29 is 9.59 Å². The third kappa shape index (κ3) is 18.9. The Labute approximate surface area is 546 Å². The lowest BCUT2D eigenvalue weighted by Crippen LogP contribution is -2.34. The summed E-state index contributed by atoms with van der Waals surface area (Å²) in [5, 5.41) is 0. The number of amides is 2. The summed E-state index contributed by atoms with van der Waals surface area (Å²) in [6.45, 7) is 19.6. The van der Waals surface area contributed by atoms with Gasteiger partial charge in [0.05, 0.1) is 32.3 Å². The molecule has 0 saturated carbocycles. The van der Waals surface area contributed by atoms with Crippen LogP contribution in [0.2, 0.25) is 0 Å². The van der Waals surface area contributed by atoms with E-state index in [1.807, 2.05) is 45.3 Å². The van der Waals surface area contributed by atoms with Crippen LogP contribution in [0.4, 0.5) is 0 Å². The second-order valence-electron chi connectivity index (χ2n) is 25.5. The third-order valence-corrected chi connectivity index (χ3v) is 25.5. The highest BCUT2D eigenvalue weighted by atomic mass is 32.1. The highest BCUT2D eigenvalue weighted by Gasteiger charge is 2.50. The summed E-state index contributed by atoms with van der Waals surface area (Å²) in [6, 6.07) is 23.3. The molecule has 2 atom stereocenters. The van der Waals surface area contributed by atoms with Crippen molar-refractivity contribution in [1.82, 2.24) is 9.80 Å². The Kier molecular flexibility index (Phi) is 29.1. The van der Waals surface area contributed by atoms with E-state index >= 15 is 9.59 Å². The average Bonchev–Trinajstić information content (AvgIpc) is 1.58. The molecule has 2 aliphatic rings. The molecule has 0 saturated heterocycles. The smallest absolute Gasteiger partial charge is 0.261 e. The van der Waals surface area contributed by atoms with E-state index in [1.165, 1.54) is 240 Å². The minimum atomic E-state index is 0.0451. The maximum atomic E-state index is 15.9. The Morgan fingerprint density at radius 1 is 0.326 bits per heavy atom. The fourth-order valence-corrected chi connectivity index (χ4v) is 20.0. The molecule has 6 aromatic heterocycles. The van der Waals surface area contributed by atoms with Crippen LogP contribution in [-0.4, -0.2) is 34.7 Å². The maximum absolute atomic E-state index is 15.9. The first-order chi connectivity index (χ1) is 42.1. The molecular weight excluding hydrogens is 1170 g/mol. The predicted octanol–water partition coefficient (Wildman–Crippen LogP) is 26.1. The van der Waals surface area contributed by atoms with Crippen LogP contribution < -0.4 is 0 Å². The third-order valence-electron chi connectivity index (χ3n) is 18.2. The molecule has 0 bridgehead atoms. The number of thiophene rings is 6. The molecule has 0 fully saturated rings. The second-order valence-corrected chi connectivity index (χ2v) is 32.4. The molecule has 8 heterocycles.